The highest BCUT2D eigenvalue weighted by atomic mass is 16.5. The number of ether oxygens (including phenoxy) is 1. The summed E-state index contributed by atoms with van der Waals surface area (Å²) in [6, 6.07) is 0.119. The molecule has 49 heavy (non-hydrogen) atoms. The highest BCUT2D eigenvalue weighted by Crippen LogP contribution is 2.78. The van der Waals surface area contributed by atoms with Crippen LogP contribution in [0.5, 0.6) is 0 Å². The molecule has 5 aliphatic carbocycles. The number of amides is 1. The maximum atomic E-state index is 13.9. The maximum absolute atomic E-state index is 13.9. The van der Waals surface area contributed by atoms with E-state index in [0.29, 0.717) is 48.5 Å². The van der Waals surface area contributed by atoms with E-state index in [1.54, 1.807) is 0 Å². The Hall–Kier alpha value is -1.89. The van der Waals surface area contributed by atoms with Gasteiger partial charge >= 0.3 is 11.9 Å². The lowest BCUT2D eigenvalue weighted by atomic mass is 9.32. The topological polar surface area (TPSA) is 110 Å². The third-order valence-corrected chi connectivity index (χ3v) is 16.8. The zero-order valence-corrected chi connectivity index (χ0v) is 32.2. The van der Waals surface area contributed by atoms with Gasteiger partial charge in [0.2, 0.25) is 5.91 Å². The van der Waals surface area contributed by atoms with Crippen molar-refractivity contribution in [3.63, 3.8) is 0 Å². The van der Waals surface area contributed by atoms with E-state index in [2.05, 4.69) is 53.0 Å². The summed E-state index contributed by atoms with van der Waals surface area (Å²) in [7, 11) is 0. The Balaban J connectivity index is 1.23. The van der Waals surface area contributed by atoms with Crippen LogP contribution in [0.4, 0.5) is 0 Å². The lowest BCUT2D eigenvalue weighted by Crippen LogP contribution is -2.67. The van der Waals surface area contributed by atoms with E-state index in [1.165, 1.54) is 37.7 Å². The molecule has 6 aliphatic rings. The molecule has 5 saturated carbocycles. The van der Waals surface area contributed by atoms with E-state index in [0.717, 1.165) is 45.1 Å². The molecule has 1 aliphatic heterocycles. The van der Waals surface area contributed by atoms with Crippen LogP contribution in [0.1, 0.15) is 145 Å². The van der Waals surface area contributed by atoms with E-state index < -0.39 is 11.4 Å². The number of allylic oxidation sites excluding steroid dienone is 1. The number of hydrogen-bond donors (Lipinski definition) is 2. The highest BCUT2D eigenvalue weighted by Gasteiger charge is 2.71. The molecule has 0 aromatic rings. The van der Waals surface area contributed by atoms with Crippen molar-refractivity contribution < 1.29 is 24.2 Å². The van der Waals surface area contributed by atoms with Crippen LogP contribution in [0.15, 0.2) is 12.2 Å². The fourth-order valence-corrected chi connectivity index (χ4v) is 14.3. The van der Waals surface area contributed by atoms with Crippen molar-refractivity contribution in [1.82, 2.24) is 4.90 Å². The predicted octanol–water partition coefficient (Wildman–Crippen LogP) is 8.40. The normalized spacial score (nSPS) is 44.3. The van der Waals surface area contributed by atoms with Crippen LogP contribution in [0.2, 0.25) is 0 Å². The Labute approximate surface area is 296 Å². The molecule has 6 rings (SSSR count). The zero-order valence-electron chi connectivity index (χ0n) is 32.2. The number of carboxylic acids is 1. The molecule has 1 heterocycles. The number of esters is 1. The number of nitrogens with zero attached hydrogens (tertiary/aromatic N) is 1. The predicted molar refractivity (Wildman–Crippen MR) is 193 cm³/mol. The Kier molecular flexibility index (Phi) is 9.31. The summed E-state index contributed by atoms with van der Waals surface area (Å²) in [5.74, 6) is 1.87. The van der Waals surface area contributed by atoms with E-state index >= 15 is 0 Å². The molecule has 0 radical (unpaired) electrons. The highest BCUT2D eigenvalue weighted by molar-refractivity contribution is 5.77. The Morgan fingerprint density at radius 3 is 2.22 bits per heavy atom. The van der Waals surface area contributed by atoms with Crippen LogP contribution < -0.4 is 5.73 Å². The molecule has 0 bridgehead atoms. The first-order valence-electron chi connectivity index (χ1n) is 19.8. The maximum Gasteiger partial charge on any atom is 0.306 e. The van der Waals surface area contributed by atoms with Gasteiger partial charge in [0.25, 0.3) is 0 Å². The number of rotatable bonds is 8. The second kappa shape index (κ2) is 12.4. The van der Waals surface area contributed by atoms with Crippen LogP contribution in [0.25, 0.3) is 0 Å². The first-order valence-corrected chi connectivity index (χ1v) is 19.8. The number of likely N-dealkylation sites (tertiary alicyclic amines) is 1. The van der Waals surface area contributed by atoms with Crippen molar-refractivity contribution in [2.45, 2.75) is 157 Å². The summed E-state index contributed by atoms with van der Waals surface area (Å²) in [5, 5.41) is 9.33. The molecular weight excluding hydrogens is 612 g/mol. The smallest absolute Gasteiger partial charge is 0.306 e. The second-order valence-electron chi connectivity index (χ2n) is 20.4. The molecule has 7 nitrogen and oxygen atoms in total. The van der Waals surface area contributed by atoms with Crippen LogP contribution in [-0.4, -0.2) is 53.1 Å². The first-order chi connectivity index (χ1) is 22.7. The van der Waals surface area contributed by atoms with Crippen molar-refractivity contribution in [3.8, 4) is 0 Å². The van der Waals surface area contributed by atoms with E-state index in [1.807, 2.05) is 13.8 Å². The van der Waals surface area contributed by atoms with E-state index in [-0.39, 0.29) is 58.0 Å². The number of aliphatic carboxylic acids is 1. The van der Waals surface area contributed by atoms with Gasteiger partial charge in [-0.1, -0.05) is 60.6 Å². The van der Waals surface area contributed by atoms with Gasteiger partial charge in [0, 0.05) is 31.0 Å². The summed E-state index contributed by atoms with van der Waals surface area (Å²) in [6.07, 6.45) is 12.9. The number of nitrogens with two attached hydrogens (primary N) is 1. The zero-order chi connectivity index (χ0) is 35.9. The van der Waals surface area contributed by atoms with Crippen molar-refractivity contribution in [2.75, 3.05) is 13.1 Å². The van der Waals surface area contributed by atoms with Gasteiger partial charge < -0.3 is 20.5 Å². The lowest BCUT2D eigenvalue weighted by Gasteiger charge is -2.73. The molecule has 0 aromatic heterocycles. The van der Waals surface area contributed by atoms with Crippen molar-refractivity contribution >= 4 is 17.8 Å². The quantitative estimate of drug-likeness (QED) is 0.197. The summed E-state index contributed by atoms with van der Waals surface area (Å²) in [4.78, 5) is 40.5. The average molecular weight is 681 g/mol. The SMILES string of the molecule is C=C(C)[C@@H]1CC[C@]2(CC(=O)N3CC[C@@H](N)C3)CC[C@]3(C)[C@H](CC[C@@H]4[C@@]5(C)CC[C@H](OC(=O)CC(C)(C)CC(=O)O)C(C)(C)[C@@H]5CC[C@]43C)[C@@H]12. The molecule has 11 atom stereocenters. The molecule has 0 unspecified atom stereocenters. The summed E-state index contributed by atoms with van der Waals surface area (Å²) in [5.41, 5.74) is 7.42. The average Bonchev–Trinajstić information content (AvgIpc) is 3.58. The van der Waals surface area contributed by atoms with Gasteiger partial charge in [-0.2, -0.15) is 0 Å². The standard InChI is InChI=1S/C42H68N2O5/c1-26(2)28-12-18-42(22-33(45)44-21-15-27(43)25-44)20-19-40(8)29(36(28)42)10-11-31-39(7)16-14-32(38(5,6)30(39)13-17-41(31,40)9)49-35(48)24-37(3,4)23-34(46)47/h27-32,36H,1,10-25,43H2,2-9H3,(H,46,47)/t27-,28+,29-,30+,31-,32+,36-,39+,40-,41-,42-/m1/s1. The van der Waals surface area contributed by atoms with Crippen molar-refractivity contribution in [1.29, 1.82) is 0 Å². The minimum atomic E-state index is -0.882. The van der Waals surface area contributed by atoms with Gasteiger partial charge in [-0.15, -0.1) is 0 Å². The van der Waals surface area contributed by atoms with Crippen LogP contribution >= 0.6 is 0 Å². The van der Waals surface area contributed by atoms with Gasteiger partial charge in [0.05, 0.1) is 12.8 Å². The third kappa shape index (κ3) is 5.92. The van der Waals surface area contributed by atoms with Gasteiger partial charge in [-0.3, -0.25) is 14.4 Å². The van der Waals surface area contributed by atoms with Crippen molar-refractivity contribution in [3.05, 3.63) is 12.2 Å². The van der Waals surface area contributed by atoms with E-state index in [4.69, 9.17) is 10.5 Å². The van der Waals surface area contributed by atoms with Gasteiger partial charge in [-0.05, 0) is 134 Å². The lowest BCUT2D eigenvalue weighted by molar-refractivity contribution is -0.250. The minimum Gasteiger partial charge on any atom is -0.481 e. The van der Waals surface area contributed by atoms with Crippen LogP contribution in [0, 0.1) is 62.1 Å². The number of fused-ring (bicyclic) bond motifs is 7. The summed E-state index contributed by atoms with van der Waals surface area (Å²) >= 11 is 0. The molecule has 0 aromatic carbocycles. The molecular formula is C42H68N2O5. The minimum absolute atomic E-state index is 0.0462. The van der Waals surface area contributed by atoms with E-state index in [9.17, 15) is 19.5 Å². The molecule has 3 N–H and O–H groups in total. The molecule has 1 amide bonds. The number of carbonyl (C=O) groups is 3. The molecule has 276 valence electrons. The van der Waals surface area contributed by atoms with Crippen LogP contribution in [-0.2, 0) is 19.1 Å². The fourth-order valence-electron chi connectivity index (χ4n) is 14.3. The second-order valence-corrected chi connectivity index (χ2v) is 20.4. The number of carbonyl (C=O) groups excluding carboxylic acids is 2. The Bertz CT molecular complexity index is 1360. The number of hydrogen-bond acceptors (Lipinski definition) is 5. The van der Waals surface area contributed by atoms with Crippen LogP contribution in [0.3, 0.4) is 0 Å². The largest absolute Gasteiger partial charge is 0.481 e. The summed E-state index contributed by atoms with van der Waals surface area (Å²) in [6.45, 7) is 24.6. The third-order valence-electron chi connectivity index (χ3n) is 16.8. The van der Waals surface area contributed by atoms with Gasteiger partial charge in [0.15, 0.2) is 0 Å². The molecule has 1 saturated heterocycles. The summed E-state index contributed by atoms with van der Waals surface area (Å²) < 4.78 is 6.27. The molecule has 0 spiro atoms. The van der Waals surface area contributed by atoms with Gasteiger partial charge in [0.1, 0.15) is 6.10 Å². The Morgan fingerprint density at radius 2 is 1.59 bits per heavy atom. The fraction of sp³-hybridized carbons (Fsp3) is 0.881. The molecule has 7 heteroatoms. The van der Waals surface area contributed by atoms with Crippen molar-refractivity contribution in [2.24, 2.45) is 67.8 Å². The Morgan fingerprint density at radius 1 is 0.878 bits per heavy atom. The number of carboxylic acid groups (broad SMARTS) is 1. The first kappa shape index (κ1) is 36.9. The van der Waals surface area contributed by atoms with Gasteiger partial charge in [-0.25, -0.2) is 0 Å². The monoisotopic (exact) mass is 681 g/mol. The molecule has 6 fully saturated rings.